The molecule has 3 nitrogen and oxygen atoms in total. The number of thiophene rings is 1. The highest BCUT2D eigenvalue weighted by molar-refractivity contribution is 7.12. The van der Waals surface area contributed by atoms with Crippen molar-refractivity contribution in [3.8, 4) is 0 Å². The summed E-state index contributed by atoms with van der Waals surface area (Å²) < 4.78 is 0. The summed E-state index contributed by atoms with van der Waals surface area (Å²) >= 11 is 1.45. The molecule has 0 aliphatic carbocycles. The maximum atomic E-state index is 11.8. The number of nitrogens with one attached hydrogen (secondary N) is 1. The van der Waals surface area contributed by atoms with Crippen LogP contribution in [0.1, 0.15) is 36.0 Å². The van der Waals surface area contributed by atoms with Gasteiger partial charge in [0.1, 0.15) is 0 Å². The first-order valence-electron chi connectivity index (χ1n) is 5.58. The van der Waals surface area contributed by atoms with E-state index in [9.17, 15) is 9.90 Å². The predicted octanol–water partition coefficient (Wildman–Crippen LogP) is 2.06. The first kappa shape index (κ1) is 13.2. The van der Waals surface area contributed by atoms with E-state index in [2.05, 4.69) is 5.32 Å². The molecule has 0 aliphatic rings. The van der Waals surface area contributed by atoms with Gasteiger partial charge in [-0.05, 0) is 29.3 Å². The van der Waals surface area contributed by atoms with Crippen LogP contribution >= 0.6 is 11.3 Å². The minimum Gasteiger partial charge on any atom is -0.391 e. The number of aryl methyl sites for hydroxylation is 1. The molecule has 0 saturated carbocycles. The first-order chi connectivity index (χ1) is 7.56. The number of carbonyl (C=O) groups is 1. The van der Waals surface area contributed by atoms with Gasteiger partial charge in [0, 0.05) is 6.54 Å². The van der Waals surface area contributed by atoms with Crippen molar-refractivity contribution in [1.82, 2.24) is 5.32 Å². The van der Waals surface area contributed by atoms with Gasteiger partial charge in [0.25, 0.3) is 5.91 Å². The largest absolute Gasteiger partial charge is 0.391 e. The fraction of sp³-hybridized carbons (Fsp3) is 0.583. The van der Waals surface area contributed by atoms with Crippen molar-refractivity contribution in [3.05, 3.63) is 21.9 Å². The lowest BCUT2D eigenvalue weighted by Crippen LogP contribution is -2.34. The number of aliphatic hydroxyl groups excluding tert-OH is 1. The average molecular weight is 241 g/mol. The molecule has 4 heteroatoms. The lowest BCUT2D eigenvalue weighted by atomic mass is 10.1. The zero-order chi connectivity index (χ0) is 12.1. The predicted molar refractivity (Wildman–Crippen MR) is 66.9 cm³/mol. The molecular formula is C12H19NO2S. The van der Waals surface area contributed by atoms with Crippen LogP contribution < -0.4 is 5.32 Å². The highest BCUT2D eigenvalue weighted by Gasteiger charge is 2.14. The molecule has 0 aromatic carbocycles. The van der Waals surface area contributed by atoms with Crippen LogP contribution in [-0.2, 0) is 6.42 Å². The van der Waals surface area contributed by atoms with Gasteiger partial charge in [-0.15, -0.1) is 11.3 Å². The lowest BCUT2D eigenvalue weighted by molar-refractivity contribution is 0.0874. The minimum absolute atomic E-state index is 0.0773. The molecule has 0 spiro atoms. The van der Waals surface area contributed by atoms with Crippen LogP contribution in [0.3, 0.4) is 0 Å². The minimum atomic E-state index is -0.478. The Morgan fingerprint density at radius 3 is 2.81 bits per heavy atom. The SMILES string of the molecule is CCc1ccsc1C(=O)NCC(O)C(C)C. The van der Waals surface area contributed by atoms with Crippen LogP contribution in [0, 0.1) is 5.92 Å². The molecule has 90 valence electrons. The highest BCUT2D eigenvalue weighted by atomic mass is 32.1. The Hall–Kier alpha value is -0.870. The number of rotatable bonds is 5. The lowest BCUT2D eigenvalue weighted by Gasteiger charge is -2.14. The molecular weight excluding hydrogens is 222 g/mol. The smallest absolute Gasteiger partial charge is 0.261 e. The number of aliphatic hydroxyl groups is 1. The molecule has 0 radical (unpaired) electrons. The maximum absolute atomic E-state index is 11.8. The highest BCUT2D eigenvalue weighted by Crippen LogP contribution is 2.17. The van der Waals surface area contributed by atoms with Crippen LogP contribution in [0.15, 0.2) is 11.4 Å². The summed E-state index contributed by atoms with van der Waals surface area (Å²) in [5.74, 6) is 0.0841. The van der Waals surface area contributed by atoms with Gasteiger partial charge >= 0.3 is 0 Å². The van der Waals surface area contributed by atoms with E-state index in [0.29, 0.717) is 6.54 Å². The summed E-state index contributed by atoms with van der Waals surface area (Å²) in [6.07, 6.45) is 0.382. The van der Waals surface area contributed by atoms with Crippen LogP contribution in [-0.4, -0.2) is 23.7 Å². The Labute approximate surface area is 100 Å². The summed E-state index contributed by atoms with van der Waals surface area (Å²) in [6.45, 7) is 6.21. The quantitative estimate of drug-likeness (QED) is 0.829. The van der Waals surface area contributed by atoms with E-state index in [1.165, 1.54) is 11.3 Å². The summed E-state index contributed by atoms with van der Waals surface area (Å²) in [4.78, 5) is 12.6. The summed E-state index contributed by atoms with van der Waals surface area (Å²) in [5, 5.41) is 14.3. The first-order valence-corrected chi connectivity index (χ1v) is 6.46. The van der Waals surface area contributed by atoms with Gasteiger partial charge in [0.05, 0.1) is 11.0 Å². The van der Waals surface area contributed by atoms with Gasteiger partial charge in [-0.3, -0.25) is 4.79 Å². The number of hydrogen-bond acceptors (Lipinski definition) is 3. The third-order valence-corrected chi connectivity index (χ3v) is 3.53. The molecule has 0 bridgehead atoms. The third-order valence-electron chi connectivity index (χ3n) is 2.58. The molecule has 1 unspecified atom stereocenters. The molecule has 16 heavy (non-hydrogen) atoms. The summed E-state index contributed by atoms with van der Waals surface area (Å²) in [6, 6.07) is 1.97. The number of amides is 1. The van der Waals surface area contributed by atoms with E-state index in [4.69, 9.17) is 0 Å². The Morgan fingerprint density at radius 1 is 1.56 bits per heavy atom. The normalized spacial score (nSPS) is 12.8. The van der Waals surface area contributed by atoms with Gasteiger partial charge in [-0.25, -0.2) is 0 Å². The topological polar surface area (TPSA) is 49.3 Å². The molecule has 1 aromatic rings. The molecule has 1 heterocycles. The van der Waals surface area contributed by atoms with Gasteiger partial charge < -0.3 is 10.4 Å². The third kappa shape index (κ3) is 3.32. The van der Waals surface area contributed by atoms with Crippen molar-refractivity contribution < 1.29 is 9.90 Å². The summed E-state index contributed by atoms with van der Waals surface area (Å²) in [5.41, 5.74) is 1.07. The van der Waals surface area contributed by atoms with Gasteiger partial charge in [-0.1, -0.05) is 20.8 Å². The average Bonchev–Trinajstić information content (AvgIpc) is 2.73. The van der Waals surface area contributed by atoms with Crippen molar-refractivity contribution in [2.24, 2.45) is 5.92 Å². The molecule has 0 saturated heterocycles. The van der Waals surface area contributed by atoms with E-state index in [-0.39, 0.29) is 11.8 Å². The van der Waals surface area contributed by atoms with E-state index in [0.717, 1.165) is 16.9 Å². The second-order valence-corrected chi connectivity index (χ2v) is 5.07. The fourth-order valence-electron chi connectivity index (χ4n) is 1.33. The molecule has 1 atom stereocenters. The van der Waals surface area contributed by atoms with Gasteiger partial charge in [0.15, 0.2) is 0 Å². The maximum Gasteiger partial charge on any atom is 0.261 e. The van der Waals surface area contributed by atoms with Crippen molar-refractivity contribution in [2.45, 2.75) is 33.3 Å². The van der Waals surface area contributed by atoms with Crippen LogP contribution in [0.5, 0.6) is 0 Å². The van der Waals surface area contributed by atoms with Crippen LogP contribution in [0.2, 0.25) is 0 Å². The Balaban J connectivity index is 2.53. The van der Waals surface area contributed by atoms with Crippen molar-refractivity contribution in [2.75, 3.05) is 6.54 Å². The monoisotopic (exact) mass is 241 g/mol. The zero-order valence-corrected chi connectivity index (χ0v) is 10.8. The number of hydrogen-bond donors (Lipinski definition) is 2. The van der Waals surface area contributed by atoms with E-state index in [1.807, 2.05) is 32.2 Å². The van der Waals surface area contributed by atoms with Crippen molar-refractivity contribution in [3.63, 3.8) is 0 Å². The molecule has 0 fully saturated rings. The molecule has 1 aromatic heterocycles. The van der Waals surface area contributed by atoms with E-state index < -0.39 is 6.10 Å². The van der Waals surface area contributed by atoms with Gasteiger partial charge in [0.2, 0.25) is 0 Å². The fourth-order valence-corrected chi connectivity index (χ4v) is 2.24. The standard InChI is InChI=1S/C12H19NO2S/c1-4-9-5-6-16-11(9)12(15)13-7-10(14)8(2)3/h5-6,8,10,14H,4,7H2,1-3H3,(H,13,15). The molecule has 1 rings (SSSR count). The zero-order valence-electron chi connectivity index (χ0n) is 9.99. The van der Waals surface area contributed by atoms with Crippen molar-refractivity contribution >= 4 is 17.2 Å². The molecule has 2 N–H and O–H groups in total. The van der Waals surface area contributed by atoms with E-state index in [1.54, 1.807) is 0 Å². The van der Waals surface area contributed by atoms with Crippen LogP contribution in [0.4, 0.5) is 0 Å². The molecule has 1 amide bonds. The Kier molecular flexibility index (Phi) is 4.96. The Bertz CT molecular complexity index is 347. The second kappa shape index (κ2) is 6.01. The van der Waals surface area contributed by atoms with Gasteiger partial charge in [-0.2, -0.15) is 0 Å². The van der Waals surface area contributed by atoms with Crippen molar-refractivity contribution in [1.29, 1.82) is 0 Å². The van der Waals surface area contributed by atoms with E-state index >= 15 is 0 Å². The Morgan fingerprint density at radius 2 is 2.25 bits per heavy atom. The molecule has 0 aliphatic heterocycles. The second-order valence-electron chi connectivity index (χ2n) is 4.15. The summed E-state index contributed by atoms with van der Waals surface area (Å²) in [7, 11) is 0. The van der Waals surface area contributed by atoms with Crippen LogP contribution in [0.25, 0.3) is 0 Å². The number of carbonyl (C=O) groups excluding carboxylic acids is 1.